The van der Waals surface area contributed by atoms with Crippen LogP contribution in [-0.4, -0.2) is 12.8 Å². The van der Waals surface area contributed by atoms with Gasteiger partial charge in [-0.05, 0) is 11.5 Å². The minimum absolute atomic E-state index is 0.498. The normalized spacial score (nSPS) is 12.2. The third-order valence-electron chi connectivity index (χ3n) is 1.86. The second kappa shape index (κ2) is 4.05. The van der Waals surface area contributed by atoms with Crippen LogP contribution in [0, 0.1) is 5.92 Å². The molecule has 64 valence electrons. The number of hydrogen-bond donors (Lipinski definition) is 0. The molecule has 1 rings (SSSR count). The van der Waals surface area contributed by atoms with E-state index < -0.39 is 0 Å². The number of benzene rings is 1. The van der Waals surface area contributed by atoms with Crippen LogP contribution in [0.5, 0.6) is 0 Å². The number of hydrogen-bond acceptors (Lipinski definition) is 1. The van der Waals surface area contributed by atoms with E-state index in [1.807, 2.05) is 25.2 Å². The summed E-state index contributed by atoms with van der Waals surface area (Å²) in [5.41, 5.74) is 2.41. The summed E-state index contributed by atoms with van der Waals surface area (Å²) in [7, 11) is 1.85. The highest BCUT2D eigenvalue weighted by Gasteiger charge is 2.05. The fraction of sp³-hybridized carbons (Fsp3) is 0.364. The van der Waals surface area contributed by atoms with Crippen LogP contribution in [-0.2, 0) is 0 Å². The Morgan fingerprint density at radius 3 is 2.17 bits per heavy atom. The van der Waals surface area contributed by atoms with Crippen molar-refractivity contribution in [2.24, 2.45) is 10.9 Å². The maximum Gasteiger partial charge on any atom is 0.0442 e. The summed E-state index contributed by atoms with van der Waals surface area (Å²) in [6.07, 6.45) is 0. The quantitative estimate of drug-likeness (QED) is 0.591. The summed E-state index contributed by atoms with van der Waals surface area (Å²) < 4.78 is 0. The predicted octanol–water partition coefficient (Wildman–Crippen LogP) is 2.76. The van der Waals surface area contributed by atoms with E-state index in [0.717, 1.165) is 0 Å². The van der Waals surface area contributed by atoms with Crippen LogP contribution in [0.25, 0.3) is 0 Å². The lowest BCUT2D eigenvalue weighted by Crippen LogP contribution is -2.08. The van der Waals surface area contributed by atoms with Crippen molar-refractivity contribution in [1.29, 1.82) is 0 Å². The molecule has 0 saturated heterocycles. The van der Waals surface area contributed by atoms with Gasteiger partial charge in [-0.25, -0.2) is 0 Å². The van der Waals surface area contributed by atoms with Crippen molar-refractivity contribution in [3.8, 4) is 0 Å². The van der Waals surface area contributed by atoms with E-state index in [1.54, 1.807) is 0 Å². The molecule has 0 saturated carbocycles. The number of aliphatic imine (C=N–C) groups is 1. The molecule has 0 aliphatic heterocycles. The maximum atomic E-state index is 4.27. The molecule has 0 heterocycles. The van der Waals surface area contributed by atoms with Crippen LogP contribution in [0.2, 0.25) is 0 Å². The third-order valence-corrected chi connectivity index (χ3v) is 1.86. The highest BCUT2D eigenvalue weighted by Crippen LogP contribution is 2.08. The maximum absolute atomic E-state index is 4.27. The van der Waals surface area contributed by atoms with Gasteiger partial charge in [-0.2, -0.15) is 0 Å². The van der Waals surface area contributed by atoms with Gasteiger partial charge in [0.25, 0.3) is 0 Å². The molecular weight excluding hydrogens is 146 g/mol. The first-order valence-electron chi connectivity index (χ1n) is 4.27. The van der Waals surface area contributed by atoms with E-state index in [4.69, 9.17) is 0 Å². The van der Waals surface area contributed by atoms with Gasteiger partial charge in [-0.1, -0.05) is 44.2 Å². The van der Waals surface area contributed by atoms with Crippen LogP contribution >= 0.6 is 0 Å². The standard InChI is InChI=1S/C11H15N/c1-9(2)11(12-3)10-7-5-4-6-8-10/h4-9H,1-3H3. The van der Waals surface area contributed by atoms with Gasteiger partial charge >= 0.3 is 0 Å². The average molecular weight is 161 g/mol. The molecule has 0 unspecified atom stereocenters. The Balaban J connectivity index is 2.97. The Hall–Kier alpha value is -1.11. The molecular formula is C11H15N. The lowest BCUT2D eigenvalue weighted by molar-refractivity contribution is 0.882. The van der Waals surface area contributed by atoms with Crippen molar-refractivity contribution in [3.63, 3.8) is 0 Å². The van der Waals surface area contributed by atoms with Crippen LogP contribution in [0.4, 0.5) is 0 Å². The summed E-state index contributed by atoms with van der Waals surface area (Å²) in [6, 6.07) is 10.3. The van der Waals surface area contributed by atoms with Crippen molar-refractivity contribution < 1.29 is 0 Å². The van der Waals surface area contributed by atoms with E-state index in [9.17, 15) is 0 Å². The monoisotopic (exact) mass is 161 g/mol. The number of nitrogens with zero attached hydrogens (tertiary/aromatic N) is 1. The summed E-state index contributed by atoms with van der Waals surface area (Å²) >= 11 is 0. The Morgan fingerprint density at radius 1 is 1.17 bits per heavy atom. The molecule has 1 aromatic rings. The Bertz CT molecular complexity index is 260. The van der Waals surface area contributed by atoms with Crippen molar-refractivity contribution in [1.82, 2.24) is 0 Å². The van der Waals surface area contributed by atoms with Crippen LogP contribution in [0.15, 0.2) is 35.3 Å². The zero-order valence-electron chi connectivity index (χ0n) is 7.91. The van der Waals surface area contributed by atoms with Gasteiger partial charge in [0.05, 0.1) is 0 Å². The Kier molecular flexibility index (Phi) is 3.03. The molecule has 1 aromatic carbocycles. The van der Waals surface area contributed by atoms with Crippen molar-refractivity contribution in [3.05, 3.63) is 35.9 Å². The highest BCUT2D eigenvalue weighted by atomic mass is 14.7. The molecule has 0 radical (unpaired) electrons. The molecule has 0 fully saturated rings. The second-order valence-electron chi connectivity index (χ2n) is 3.13. The molecule has 1 heteroatoms. The molecule has 0 amide bonds. The Labute approximate surface area is 74.2 Å². The first-order chi connectivity index (χ1) is 5.75. The smallest absolute Gasteiger partial charge is 0.0442 e. The van der Waals surface area contributed by atoms with Gasteiger partial charge in [-0.15, -0.1) is 0 Å². The summed E-state index contributed by atoms with van der Waals surface area (Å²) in [5.74, 6) is 0.498. The summed E-state index contributed by atoms with van der Waals surface area (Å²) in [6.45, 7) is 4.32. The van der Waals surface area contributed by atoms with Crippen molar-refractivity contribution in [2.45, 2.75) is 13.8 Å². The van der Waals surface area contributed by atoms with Crippen molar-refractivity contribution in [2.75, 3.05) is 7.05 Å². The topological polar surface area (TPSA) is 12.4 Å². The van der Waals surface area contributed by atoms with Crippen molar-refractivity contribution >= 4 is 5.71 Å². The first kappa shape index (κ1) is 8.98. The molecule has 0 aliphatic carbocycles. The first-order valence-corrected chi connectivity index (χ1v) is 4.27. The fourth-order valence-electron chi connectivity index (χ4n) is 1.33. The lowest BCUT2D eigenvalue weighted by Gasteiger charge is -2.08. The van der Waals surface area contributed by atoms with Crippen LogP contribution in [0.1, 0.15) is 19.4 Å². The van der Waals surface area contributed by atoms with Crippen LogP contribution < -0.4 is 0 Å². The molecule has 0 bridgehead atoms. The van der Waals surface area contributed by atoms with E-state index >= 15 is 0 Å². The largest absolute Gasteiger partial charge is 0.292 e. The predicted molar refractivity (Wildman–Crippen MR) is 53.7 cm³/mol. The third kappa shape index (κ3) is 1.94. The SMILES string of the molecule is CN=C(c1ccccc1)C(C)C. The van der Waals surface area contributed by atoms with E-state index in [-0.39, 0.29) is 0 Å². The highest BCUT2D eigenvalue weighted by molar-refractivity contribution is 6.01. The van der Waals surface area contributed by atoms with Gasteiger partial charge in [-0.3, -0.25) is 4.99 Å². The average Bonchev–Trinajstić information content (AvgIpc) is 2.07. The molecule has 0 spiro atoms. The molecule has 0 atom stereocenters. The van der Waals surface area contributed by atoms with Gasteiger partial charge in [0.1, 0.15) is 0 Å². The minimum Gasteiger partial charge on any atom is -0.292 e. The van der Waals surface area contributed by atoms with E-state index in [1.165, 1.54) is 11.3 Å². The van der Waals surface area contributed by atoms with Gasteiger partial charge in [0.2, 0.25) is 0 Å². The molecule has 0 aromatic heterocycles. The second-order valence-corrected chi connectivity index (χ2v) is 3.13. The Morgan fingerprint density at radius 2 is 1.75 bits per heavy atom. The molecule has 0 N–H and O–H groups in total. The fourth-order valence-corrected chi connectivity index (χ4v) is 1.33. The zero-order valence-corrected chi connectivity index (χ0v) is 7.91. The minimum atomic E-state index is 0.498. The van der Waals surface area contributed by atoms with Crippen LogP contribution in [0.3, 0.4) is 0 Å². The molecule has 1 nitrogen and oxygen atoms in total. The van der Waals surface area contributed by atoms with Gasteiger partial charge < -0.3 is 0 Å². The summed E-state index contributed by atoms with van der Waals surface area (Å²) in [5, 5.41) is 0. The number of rotatable bonds is 2. The summed E-state index contributed by atoms with van der Waals surface area (Å²) in [4.78, 5) is 4.27. The molecule has 0 aliphatic rings. The lowest BCUT2D eigenvalue weighted by atomic mass is 10.0. The van der Waals surface area contributed by atoms with E-state index in [0.29, 0.717) is 5.92 Å². The van der Waals surface area contributed by atoms with Gasteiger partial charge in [0, 0.05) is 12.8 Å². The van der Waals surface area contributed by atoms with Gasteiger partial charge in [0.15, 0.2) is 0 Å². The van der Waals surface area contributed by atoms with E-state index in [2.05, 4.69) is 31.0 Å². The molecule has 12 heavy (non-hydrogen) atoms. The zero-order chi connectivity index (χ0) is 8.97.